The van der Waals surface area contributed by atoms with Crippen molar-refractivity contribution in [3.63, 3.8) is 0 Å². The highest BCUT2D eigenvalue weighted by Crippen LogP contribution is 2.32. The third-order valence-corrected chi connectivity index (χ3v) is 3.50. The van der Waals surface area contributed by atoms with Crippen LogP contribution in [0, 0.1) is 0 Å². The summed E-state index contributed by atoms with van der Waals surface area (Å²) in [6.45, 7) is 2.55. The summed E-state index contributed by atoms with van der Waals surface area (Å²) >= 11 is 0. The quantitative estimate of drug-likeness (QED) is 0.761. The number of hydrogen-bond acceptors (Lipinski definition) is 4. The van der Waals surface area contributed by atoms with Crippen molar-refractivity contribution in [1.82, 2.24) is 5.32 Å². The van der Waals surface area contributed by atoms with Gasteiger partial charge in [-0.1, -0.05) is 18.2 Å². The Morgan fingerprint density at radius 3 is 2.22 bits per heavy atom. The topological polar surface area (TPSA) is 56.8 Å². The van der Waals surface area contributed by atoms with Gasteiger partial charge in [0.1, 0.15) is 5.75 Å². The molecule has 23 heavy (non-hydrogen) atoms. The Morgan fingerprint density at radius 2 is 1.65 bits per heavy atom. The number of benzene rings is 2. The van der Waals surface area contributed by atoms with E-state index in [-0.39, 0.29) is 6.04 Å². The second-order valence-electron chi connectivity index (χ2n) is 4.83. The maximum atomic E-state index is 11.0. The molecule has 0 fully saturated rings. The Bertz CT molecular complexity index is 640. The number of ether oxygens (including phenoxy) is 3. The van der Waals surface area contributed by atoms with Crippen molar-refractivity contribution in [3.8, 4) is 17.2 Å². The van der Waals surface area contributed by atoms with Crippen LogP contribution in [0.5, 0.6) is 17.2 Å². The Labute approximate surface area is 136 Å². The first-order valence-electron chi connectivity index (χ1n) is 7.37. The van der Waals surface area contributed by atoms with Crippen LogP contribution in [0.4, 0.5) is 0 Å². The van der Waals surface area contributed by atoms with Crippen molar-refractivity contribution in [2.24, 2.45) is 0 Å². The van der Waals surface area contributed by atoms with Crippen LogP contribution in [0.3, 0.4) is 0 Å². The van der Waals surface area contributed by atoms with Crippen molar-refractivity contribution in [2.75, 3.05) is 20.8 Å². The third-order valence-electron chi connectivity index (χ3n) is 3.50. The lowest BCUT2D eigenvalue weighted by Crippen LogP contribution is -2.20. The van der Waals surface area contributed by atoms with E-state index in [1.54, 1.807) is 14.2 Å². The first-order chi connectivity index (χ1) is 11.2. The van der Waals surface area contributed by atoms with Crippen LogP contribution in [0.1, 0.15) is 24.1 Å². The molecule has 0 aliphatic carbocycles. The van der Waals surface area contributed by atoms with Gasteiger partial charge in [0.2, 0.25) is 6.41 Å². The van der Waals surface area contributed by atoms with Crippen molar-refractivity contribution in [2.45, 2.75) is 13.0 Å². The molecule has 1 amide bonds. The zero-order valence-electron chi connectivity index (χ0n) is 13.5. The number of rotatable bonds is 8. The molecule has 0 aliphatic heterocycles. The average Bonchev–Trinajstić information content (AvgIpc) is 2.60. The highest BCUT2D eigenvalue weighted by atomic mass is 16.5. The highest BCUT2D eigenvalue weighted by Gasteiger charge is 2.16. The largest absolute Gasteiger partial charge is 0.494 e. The predicted molar refractivity (Wildman–Crippen MR) is 88.2 cm³/mol. The van der Waals surface area contributed by atoms with Gasteiger partial charge in [-0.3, -0.25) is 4.79 Å². The van der Waals surface area contributed by atoms with E-state index in [4.69, 9.17) is 14.2 Å². The van der Waals surface area contributed by atoms with E-state index < -0.39 is 0 Å². The number of amides is 1. The van der Waals surface area contributed by atoms with Crippen molar-refractivity contribution < 1.29 is 19.0 Å². The summed E-state index contributed by atoms with van der Waals surface area (Å²) in [5, 5.41) is 2.84. The molecule has 122 valence electrons. The van der Waals surface area contributed by atoms with E-state index in [1.165, 1.54) is 0 Å². The van der Waals surface area contributed by atoms with Crippen LogP contribution in [0.15, 0.2) is 42.5 Å². The number of carbonyl (C=O) groups is 1. The molecule has 2 rings (SSSR count). The predicted octanol–water partition coefficient (Wildman–Crippen LogP) is 2.94. The van der Waals surface area contributed by atoms with Gasteiger partial charge < -0.3 is 19.5 Å². The summed E-state index contributed by atoms with van der Waals surface area (Å²) < 4.78 is 16.0. The number of nitrogens with one attached hydrogen (secondary N) is 1. The Hall–Kier alpha value is -2.69. The monoisotopic (exact) mass is 315 g/mol. The summed E-state index contributed by atoms with van der Waals surface area (Å²) in [6, 6.07) is 12.9. The van der Waals surface area contributed by atoms with Gasteiger partial charge in [-0.25, -0.2) is 0 Å². The van der Waals surface area contributed by atoms with Crippen LogP contribution in [-0.2, 0) is 4.79 Å². The molecular formula is C18H21NO4. The molecule has 5 nitrogen and oxygen atoms in total. The highest BCUT2D eigenvalue weighted by molar-refractivity contribution is 5.53. The van der Waals surface area contributed by atoms with E-state index >= 15 is 0 Å². The minimum absolute atomic E-state index is 0.275. The van der Waals surface area contributed by atoms with Crippen LogP contribution in [0.2, 0.25) is 0 Å². The second-order valence-corrected chi connectivity index (χ2v) is 4.83. The lowest BCUT2D eigenvalue weighted by molar-refractivity contribution is -0.110. The second kappa shape index (κ2) is 8.08. The first-order valence-corrected chi connectivity index (χ1v) is 7.37. The van der Waals surface area contributed by atoms with Gasteiger partial charge in [-0.05, 0) is 42.3 Å². The Balaban J connectivity index is 2.35. The number of hydrogen-bond donors (Lipinski definition) is 1. The van der Waals surface area contributed by atoms with E-state index in [9.17, 15) is 4.79 Å². The summed E-state index contributed by atoms with van der Waals surface area (Å²) in [4.78, 5) is 11.0. The zero-order valence-corrected chi connectivity index (χ0v) is 13.5. The molecule has 1 atom stereocenters. The molecule has 0 aliphatic rings. The molecule has 0 saturated carbocycles. The summed E-state index contributed by atoms with van der Waals surface area (Å²) in [5.41, 5.74) is 1.85. The lowest BCUT2D eigenvalue weighted by atomic mass is 9.98. The minimum Gasteiger partial charge on any atom is -0.494 e. The fraction of sp³-hybridized carbons (Fsp3) is 0.278. The first kappa shape index (κ1) is 16.7. The maximum Gasteiger partial charge on any atom is 0.207 e. The van der Waals surface area contributed by atoms with Gasteiger partial charge in [0, 0.05) is 0 Å². The fourth-order valence-electron chi connectivity index (χ4n) is 2.41. The molecule has 0 heterocycles. The van der Waals surface area contributed by atoms with Gasteiger partial charge in [0.05, 0.1) is 26.9 Å². The summed E-state index contributed by atoms with van der Waals surface area (Å²) in [7, 11) is 3.17. The standard InChI is InChI=1S/C18H21NO4/c1-4-23-15-8-5-13(6-9-15)18(19-12-20)14-7-10-16(21-2)17(11-14)22-3/h5-12,18H,4H2,1-3H3,(H,19,20)/t18-/m1/s1. The van der Waals surface area contributed by atoms with Crippen LogP contribution < -0.4 is 19.5 Å². The van der Waals surface area contributed by atoms with Crippen LogP contribution in [-0.4, -0.2) is 27.2 Å². The Kier molecular flexibility index (Phi) is 5.86. The molecule has 0 radical (unpaired) electrons. The van der Waals surface area contributed by atoms with Gasteiger partial charge in [0.15, 0.2) is 11.5 Å². The lowest BCUT2D eigenvalue weighted by Gasteiger charge is -2.19. The third kappa shape index (κ3) is 3.94. The minimum atomic E-state index is -0.275. The zero-order chi connectivity index (χ0) is 16.7. The number of carbonyl (C=O) groups excluding carboxylic acids is 1. The molecule has 2 aromatic rings. The van der Waals surface area contributed by atoms with Gasteiger partial charge >= 0.3 is 0 Å². The maximum absolute atomic E-state index is 11.0. The molecule has 1 N–H and O–H groups in total. The summed E-state index contributed by atoms with van der Waals surface area (Å²) in [5.74, 6) is 2.06. The molecule has 0 bridgehead atoms. The van der Waals surface area contributed by atoms with E-state index in [2.05, 4.69) is 5.32 Å². The SMILES string of the molecule is CCOc1ccc([C@@H](NC=O)c2ccc(OC)c(OC)c2)cc1. The number of methoxy groups -OCH3 is 2. The van der Waals surface area contributed by atoms with Crippen LogP contribution >= 0.6 is 0 Å². The molecular weight excluding hydrogens is 294 g/mol. The molecule has 2 aromatic carbocycles. The van der Waals surface area contributed by atoms with E-state index in [0.29, 0.717) is 24.5 Å². The average molecular weight is 315 g/mol. The smallest absolute Gasteiger partial charge is 0.207 e. The van der Waals surface area contributed by atoms with Gasteiger partial charge in [-0.2, -0.15) is 0 Å². The fourth-order valence-corrected chi connectivity index (χ4v) is 2.41. The van der Waals surface area contributed by atoms with Gasteiger partial charge in [-0.15, -0.1) is 0 Å². The molecule has 0 aromatic heterocycles. The normalized spacial score (nSPS) is 11.4. The van der Waals surface area contributed by atoms with E-state index in [1.807, 2.05) is 49.4 Å². The Morgan fingerprint density at radius 1 is 1.00 bits per heavy atom. The van der Waals surface area contributed by atoms with Crippen molar-refractivity contribution in [3.05, 3.63) is 53.6 Å². The van der Waals surface area contributed by atoms with Gasteiger partial charge in [0.25, 0.3) is 0 Å². The van der Waals surface area contributed by atoms with Crippen LogP contribution in [0.25, 0.3) is 0 Å². The van der Waals surface area contributed by atoms with Crippen molar-refractivity contribution in [1.29, 1.82) is 0 Å². The molecule has 0 saturated heterocycles. The molecule has 5 heteroatoms. The molecule has 0 unspecified atom stereocenters. The molecule has 0 spiro atoms. The van der Waals surface area contributed by atoms with Crippen molar-refractivity contribution >= 4 is 6.41 Å². The summed E-state index contributed by atoms with van der Waals surface area (Å²) in [6.07, 6.45) is 0.692. The van der Waals surface area contributed by atoms with E-state index in [0.717, 1.165) is 16.9 Å².